The van der Waals surface area contributed by atoms with Crippen molar-refractivity contribution in [1.29, 1.82) is 0 Å². The van der Waals surface area contributed by atoms with Crippen LogP contribution in [0.4, 0.5) is 0 Å². The van der Waals surface area contributed by atoms with Gasteiger partial charge in [0.25, 0.3) is 0 Å². The Kier molecular flexibility index (Phi) is 1.73. The summed E-state index contributed by atoms with van der Waals surface area (Å²) < 4.78 is 0. The van der Waals surface area contributed by atoms with E-state index in [0.717, 1.165) is 18.6 Å². The van der Waals surface area contributed by atoms with Gasteiger partial charge in [0.1, 0.15) is 0 Å². The van der Waals surface area contributed by atoms with Gasteiger partial charge in [0.05, 0.1) is 5.71 Å². The van der Waals surface area contributed by atoms with E-state index in [1.54, 1.807) is 0 Å². The van der Waals surface area contributed by atoms with Gasteiger partial charge in [-0.15, -0.1) is 11.6 Å². The summed E-state index contributed by atoms with van der Waals surface area (Å²) in [5, 5.41) is 12.5. The van der Waals surface area contributed by atoms with Gasteiger partial charge in [-0.1, -0.05) is 25.9 Å². The fourth-order valence-corrected chi connectivity index (χ4v) is 3.71. The summed E-state index contributed by atoms with van der Waals surface area (Å²) in [6.07, 6.45) is 1.98. The predicted octanol–water partition coefficient (Wildman–Crippen LogP) is 2.88. The van der Waals surface area contributed by atoms with Crippen molar-refractivity contribution in [2.24, 2.45) is 21.9 Å². The molecule has 0 saturated heterocycles. The Morgan fingerprint density at radius 3 is 2.38 bits per heavy atom. The van der Waals surface area contributed by atoms with Gasteiger partial charge < -0.3 is 5.21 Å². The molecular formula is C10H16ClNO. The number of alkyl halides is 1. The Morgan fingerprint density at radius 2 is 2.08 bits per heavy atom. The molecule has 0 aromatic carbocycles. The molecule has 0 aromatic rings. The van der Waals surface area contributed by atoms with E-state index in [-0.39, 0.29) is 16.2 Å². The lowest BCUT2D eigenvalue weighted by Gasteiger charge is -2.36. The highest BCUT2D eigenvalue weighted by Gasteiger charge is 2.64. The first-order chi connectivity index (χ1) is 5.94. The Bertz CT molecular complexity index is 274. The second-order valence-electron chi connectivity index (χ2n) is 5.08. The molecule has 1 N–H and O–H groups in total. The van der Waals surface area contributed by atoms with Crippen LogP contribution in [0.15, 0.2) is 5.16 Å². The minimum Gasteiger partial charge on any atom is -0.411 e. The minimum absolute atomic E-state index is 0.103. The zero-order chi connectivity index (χ0) is 9.85. The van der Waals surface area contributed by atoms with Crippen LogP contribution in [0, 0.1) is 16.7 Å². The lowest BCUT2D eigenvalue weighted by molar-refractivity contribution is 0.192. The Morgan fingerprint density at radius 1 is 1.46 bits per heavy atom. The van der Waals surface area contributed by atoms with Crippen molar-refractivity contribution in [3.8, 4) is 0 Å². The van der Waals surface area contributed by atoms with Crippen LogP contribution in [-0.4, -0.2) is 16.3 Å². The smallest absolute Gasteiger partial charge is 0.0652 e. The van der Waals surface area contributed by atoms with Gasteiger partial charge in [0.2, 0.25) is 0 Å². The largest absolute Gasteiger partial charge is 0.411 e. The predicted molar refractivity (Wildman–Crippen MR) is 53.5 cm³/mol. The van der Waals surface area contributed by atoms with Crippen LogP contribution in [0.1, 0.15) is 33.6 Å². The topological polar surface area (TPSA) is 32.6 Å². The van der Waals surface area contributed by atoms with E-state index in [2.05, 4.69) is 25.9 Å². The summed E-state index contributed by atoms with van der Waals surface area (Å²) in [5.41, 5.74) is 0.975. The lowest BCUT2D eigenvalue weighted by Crippen LogP contribution is -2.39. The molecule has 0 amide bonds. The maximum absolute atomic E-state index is 8.93. The van der Waals surface area contributed by atoms with E-state index >= 15 is 0 Å². The third kappa shape index (κ3) is 0.829. The third-order valence-corrected chi connectivity index (χ3v) is 5.25. The Hall–Kier alpha value is -0.240. The summed E-state index contributed by atoms with van der Waals surface area (Å²) in [6, 6.07) is 0. The molecule has 2 bridgehead atoms. The Labute approximate surface area is 84.0 Å². The summed E-state index contributed by atoms with van der Waals surface area (Å²) >= 11 is 6.32. The van der Waals surface area contributed by atoms with Crippen molar-refractivity contribution < 1.29 is 5.21 Å². The normalized spacial score (nSPS) is 50.3. The van der Waals surface area contributed by atoms with Crippen LogP contribution < -0.4 is 0 Å². The van der Waals surface area contributed by atoms with Gasteiger partial charge in [-0.25, -0.2) is 0 Å². The van der Waals surface area contributed by atoms with Crippen LogP contribution in [0.25, 0.3) is 0 Å². The molecule has 13 heavy (non-hydrogen) atoms. The van der Waals surface area contributed by atoms with Crippen molar-refractivity contribution >= 4 is 17.3 Å². The molecule has 0 heterocycles. The van der Waals surface area contributed by atoms with E-state index in [1.807, 2.05) is 0 Å². The van der Waals surface area contributed by atoms with E-state index in [1.165, 1.54) is 0 Å². The highest BCUT2D eigenvalue weighted by Crippen LogP contribution is 2.65. The molecule has 0 spiro atoms. The molecule has 3 heteroatoms. The van der Waals surface area contributed by atoms with Crippen molar-refractivity contribution in [2.75, 3.05) is 0 Å². The first kappa shape index (κ1) is 9.32. The second-order valence-corrected chi connectivity index (χ2v) is 5.60. The molecule has 2 rings (SSSR count). The molecular weight excluding hydrogens is 186 g/mol. The molecule has 74 valence electrons. The summed E-state index contributed by atoms with van der Waals surface area (Å²) in [4.78, 5) is 0. The average Bonchev–Trinajstić information content (AvgIpc) is 2.34. The van der Waals surface area contributed by atoms with Crippen LogP contribution in [0.2, 0.25) is 0 Å². The first-order valence-corrected chi connectivity index (χ1v) is 5.23. The maximum atomic E-state index is 8.93. The summed E-state index contributed by atoms with van der Waals surface area (Å²) in [5.74, 6) is 0.589. The molecule has 2 saturated carbocycles. The molecule has 2 nitrogen and oxygen atoms in total. The third-order valence-electron chi connectivity index (χ3n) is 4.64. The molecule has 0 radical (unpaired) electrons. The number of fused-ring (bicyclic) bond motifs is 2. The number of oxime groups is 1. The second kappa shape index (κ2) is 2.41. The maximum Gasteiger partial charge on any atom is 0.0652 e. The fraction of sp³-hybridized carbons (Fsp3) is 0.900. The van der Waals surface area contributed by atoms with Gasteiger partial charge in [-0.2, -0.15) is 0 Å². The zero-order valence-electron chi connectivity index (χ0n) is 8.34. The van der Waals surface area contributed by atoms with E-state index in [0.29, 0.717) is 5.92 Å². The van der Waals surface area contributed by atoms with E-state index < -0.39 is 0 Å². The number of rotatable bonds is 0. The molecule has 3 atom stereocenters. The molecule has 2 aliphatic rings. The van der Waals surface area contributed by atoms with Crippen molar-refractivity contribution in [3.05, 3.63) is 0 Å². The summed E-state index contributed by atoms with van der Waals surface area (Å²) in [6.45, 7) is 6.60. The van der Waals surface area contributed by atoms with Gasteiger partial charge in [-0.3, -0.25) is 0 Å². The Balaban J connectivity index is 2.51. The summed E-state index contributed by atoms with van der Waals surface area (Å²) in [7, 11) is 0. The fourth-order valence-electron chi connectivity index (χ4n) is 3.09. The monoisotopic (exact) mass is 201 g/mol. The van der Waals surface area contributed by atoms with Crippen LogP contribution in [-0.2, 0) is 0 Å². The first-order valence-electron chi connectivity index (χ1n) is 4.80. The lowest BCUT2D eigenvalue weighted by atomic mass is 9.70. The van der Waals surface area contributed by atoms with Crippen LogP contribution in [0.3, 0.4) is 0 Å². The van der Waals surface area contributed by atoms with Crippen molar-refractivity contribution in [1.82, 2.24) is 0 Å². The average molecular weight is 202 g/mol. The molecule has 0 aromatic heterocycles. The minimum atomic E-state index is -0.103. The zero-order valence-corrected chi connectivity index (χ0v) is 9.10. The van der Waals surface area contributed by atoms with Gasteiger partial charge >= 0.3 is 0 Å². The number of hydrogen-bond donors (Lipinski definition) is 1. The van der Waals surface area contributed by atoms with Gasteiger partial charge in [-0.05, 0) is 24.2 Å². The van der Waals surface area contributed by atoms with Crippen LogP contribution in [0.5, 0.6) is 0 Å². The number of hydrogen-bond acceptors (Lipinski definition) is 2. The SMILES string of the molecule is CC1(C)[C@@H]2C/C(=N\O)[C@@]1(C)[C@@H](Cl)C2. The molecule has 2 aliphatic carbocycles. The standard InChI is InChI=1S/C10H16ClNO/c1-9(2)6-4-7(11)10(9,3)8(5-6)12-13/h6-7,13H,4-5H2,1-3H3/b12-8+/t6-,7-,10+/m0/s1. The quantitative estimate of drug-likeness (QED) is 0.365. The van der Waals surface area contributed by atoms with Gasteiger partial charge in [0.15, 0.2) is 0 Å². The molecule has 2 fully saturated rings. The van der Waals surface area contributed by atoms with Gasteiger partial charge in [0, 0.05) is 10.8 Å². The molecule has 0 aliphatic heterocycles. The number of nitrogens with zero attached hydrogens (tertiary/aromatic N) is 1. The highest BCUT2D eigenvalue weighted by molar-refractivity contribution is 6.24. The van der Waals surface area contributed by atoms with Crippen LogP contribution >= 0.6 is 11.6 Å². The van der Waals surface area contributed by atoms with Crippen molar-refractivity contribution in [2.45, 2.75) is 39.0 Å². The highest BCUT2D eigenvalue weighted by atomic mass is 35.5. The van der Waals surface area contributed by atoms with Crippen molar-refractivity contribution in [3.63, 3.8) is 0 Å². The number of halogens is 1. The van der Waals surface area contributed by atoms with E-state index in [4.69, 9.17) is 16.8 Å². The molecule has 0 unspecified atom stereocenters. The van der Waals surface area contributed by atoms with E-state index in [9.17, 15) is 0 Å².